The molecule has 0 aliphatic carbocycles. The highest BCUT2D eigenvalue weighted by Gasteiger charge is 2.32. The Morgan fingerprint density at radius 2 is 1.83 bits per heavy atom. The van der Waals surface area contributed by atoms with E-state index in [0.717, 1.165) is 22.8 Å². The first-order chi connectivity index (χ1) is 17.4. The number of ether oxygens (including phenoxy) is 2. The summed E-state index contributed by atoms with van der Waals surface area (Å²) < 4.78 is 11.9. The molecule has 36 heavy (non-hydrogen) atoms. The second-order valence-electron chi connectivity index (χ2n) is 9.54. The zero-order valence-corrected chi connectivity index (χ0v) is 21.2. The molecule has 1 saturated heterocycles. The molecular weight excluding hydrogens is 452 g/mol. The maximum absolute atomic E-state index is 13.1. The van der Waals surface area contributed by atoms with Crippen LogP contribution < -0.4 is 14.8 Å². The van der Waals surface area contributed by atoms with Gasteiger partial charge in [-0.1, -0.05) is 44.2 Å². The fourth-order valence-electron chi connectivity index (χ4n) is 4.72. The van der Waals surface area contributed by atoms with E-state index < -0.39 is 0 Å². The third kappa shape index (κ3) is 4.61. The first kappa shape index (κ1) is 23.7. The molecule has 2 heterocycles. The van der Waals surface area contributed by atoms with Gasteiger partial charge in [0.1, 0.15) is 11.5 Å². The lowest BCUT2D eigenvalue weighted by atomic mass is 10.0. The highest BCUT2D eigenvalue weighted by atomic mass is 16.5. The average molecular weight is 485 g/mol. The van der Waals surface area contributed by atoms with E-state index in [0.29, 0.717) is 42.8 Å². The molecular formula is C29H32N4O3. The molecule has 3 aromatic rings. The molecule has 0 radical (unpaired) electrons. The van der Waals surface area contributed by atoms with Gasteiger partial charge in [-0.25, -0.2) is 9.79 Å². The Hall–Kier alpha value is -4.00. The summed E-state index contributed by atoms with van der Waals surface area (Å²) in [6.07, 6.45) is 0. The number of benzene rings is 3. The number of piperazine rings is 1. The van der Waals surface area contributed by atoms with Gasteiger partial charge in [-0.05, 0) is 54.8 Å². The number of aliphatic imine (C=N–C) groups is 1. The summed E-state index contributed by atoms with van der Waals surface area (Å²) in [5.74, 6) is 3.28. The molecule has 2 aliphatic heterocycles. The van der Waals surface area contributed by atoms with Crippen molar-refractivity contribution in [1.82, 2.24) is 9.80 Å². The third-order valence-corrected chi connectivity index (χ3v) is 6.76. The molecule has 3 aromatic carbocycles. The highest BCUT2D eigenvalue weighted by molar-refractivity contribution is 6.04. The molecule has 0 saturated carbocycles. The quantitative estimate of drug-likeness (QED) is 0.478. The van der Waals surface area contributed by atoms with E-state index in [-0.39, 0.29) is 12.1 Å². The lowest BCUT2D eigenvalue weighted by Crippen LogP contribution is -2.56. The summed E-state index contributed by atoms with van der Waals surface area (Å²) in [6.45, 7) is 8.28. The van der Waals surface area contributed by atoms with Crippen molar-refractivity contribution in [3.05, 3.63) is 77.9 Å². The standard InChI is InChI=1S/C29H32N4O3/c1-19(2)21-12-14-22(15-13-21)30-29(34)33-17-16-32(18-20(33)3)28-23-8-7-11-26(35-4)27(23)36-25-10-6-5-9-24(25)31-28/h5-15,19-20H,16-18H2,1-4H3,(H,30,34)/t20-/m0/s1. The summed E-state index contributed by atoms with van der Waals surface area (Å²) in [5.41, 5.74) is 3.70. The Kier molecular flexibility index (Phi) is 6.55. The Bertz CT molecular complexity index is 1290. The smallest absolute Gasteiger partial charge is 0.322 e. The van der Waals surface area contributed by atoms with Crippen LogP contribution in [0.15, 0.2) is 71.7 Å². The van der Waals surface area contributed by atoms with E-state index in [9.17, 15) is 4.79 Å². The first-order valence-electron chi connectivity index (χ1n) is 12.4. The van der Waals surface area contributed by atoms with Gasteiger partial charge in [-0.2, -0.15) is 0 Å². The summed E-state index contributed by atoms with van der Waals surface area (Å²) in [4.78, 5) is 22.2. The van der Waals surface area contributed by atoms with Gasteiger partial charge < -0.3 is 24.6 Å². The van der Waals surface area contributed by atoms with Crippen molar-refractivity contribution in [2.45, 2.75) is 32.7 Å². The molecule has 1 N–H and O–H groups in total. The van der Waals surface area contributed by atoms with Crippen LogP contribution in [-0.2, 0) is 0 Å². The van der Waals surface area contributed by atoms with Gasteiger partial charge >= 0.3 is 6.03 Å². The van der Waals surface area contributed by atoms with E-state index in [1.165, 1.54) is 5.56 Å². The minimum absolute atomic E-state index is 0.00939. The van der Waals surface area contributed by atoms with Gasteiger partial charge in [0.2, 0.25) is 0 Å². The fraction of sp³-hybridized carbons (Fsp3) is 0.310. The SMILES string of the molecule is COc1cccc2c1Oc1ccccc1N=C2N1CCN(C(=O)Nc2ccc(C(C)C)cc2)[C@@H](C)C1. The van der Waals surface area contributed by atoms with Crippen molar-refractivity contribution in [3.63, 3.8) is 0 Å². The summed E-state index contributed by atoms with van der Waals surface area (Å²) >= 11 is 0. The molecule has 7 nitrogen and oxygen atoms in total. The summed E-state index contributed by atoms with van der Waals surface area (Å²) in [5, 5.41) is 3.06. The number of amides is 2. The Balaban J connectivity index is 1.37. The van der Waals surface area contributed by atoms with Gasteiger partial charge in [-0.3, -0.25) is 0 Å². The van der Waals surface area contributed by atoms with Crippen LogP contribution in [0.3, 0.4) is 0 Å². The van der Waals surface area contributed by atoms with Crippen molar-refractivity contribution in [2.24, 2.45) is 4.99 Å². The number of urea groups is 1. The van der Waals surface area contributed by atoms with Crippen LogP contribution in [0, 0.1) is 0 Å². The van der Waals surface area contributed by atoms with E-state index in [4.69, 9.17) is 14.5 Å². The number of hydrogen-bond donors (Lipinski definition) is 1. The van der Waals surface area contributed by atoms with Gasteiger partial charge in [0.05, 0.1) is 12.7 Å². The van der Waals surface area contributed by atoms with E-state index in [1.54, 1.807) is 7.11 Å². The minimum atomic E-state index is -0.0852. The first-order valence-corrected chi connectivity index (χ1v) is 12.4. The lowest BCUT2D eigenvalue weighted by molar-refractivity contribution is 0.145. The molecule has 1 fully saturated rings. The van der Waals surface area contributed by atoms with Crippen molar-refractivity contribution in [3.8, 4) is 17.2 Å². The van der Waals surface area contributed by atoms with Crippen molar-refractivity contribution < 1.29 is 14.3 Å². The predicted octanol–water partition coefficient (Wildman–Crippen LogP) is 6.24. The van der Waals surface area contributed by atoms with Gasteiger partial charge in [0.25, 0.3) is 0 Å². The van der Waals surface area contributed by atoms with Gasteiger partial charge in [-0.15, -0.1) is 0 Å². The maximum atomic E-state index is 13.1. The van der Waals surface area contributed by atoms with Crippen molar-refractivity contribution in [1.29, 1.82) is 0 Å². The maximum Gasteiger partial charge on any atom is 0.322 e. The monoisotopic (exact) mass is 484 g/mol. The number of anilines is 1. The lowest BCUT2D eigenvalue weighted by Gasteiger charge is -2.41. The largest absolute Gasteiger partial charge is 0.493 e. The zero-order valence-electron chi connectivity index (χ0n) is 21.2. The van der Waals surface area contributed by atoms with E-state index in [2.05, 4.69) is 43.1 Å². The number of rotatable bonds is 3. The zero-order chi connectivity index (χ0) is 25.2. The second kappa shape index (κ2) is 9.93. The number of carbonyl (C=O) groups is 1. The molecule has 5 rings (SSSR count). The highest BCUT2D eigenvalue weighted by Crippen LogP contribution is 2.42. The number of hydrogen-bond acceptors (Lipinski definition) is 5. The number of amidine groups is 1. The second-order valence-corrected chi connectivity index (χ2v) is 9.54. The average Bonchev–Trinajstić information content (AvgIpc) is 3.05. The Morgan fingerprint density at radius 1 is 1.06 bits per heavy atom. The topological polar surface area (TPSA) is 66.4 Å². The Labute approximate surface area is 212 Å². The number of nitrogens with zero attached hydrogens (tertiary/aromatic N) is 3. The van der Waals surface area contributed by atoms with Crippen molar-refractivity contribution >= 4 is 23.2 Å². The molecule has 0 aromatic heterocycles. The molecule has 7 heteroatoms. The van der Waals surface area contributed by atoms with E-state index >= 15 is 0 Å². The molecule has 186 valence electrons. The van der Waals surface area contributed by atoms with Crippen LogP contribution in [0.4, 0.5) is 16.2 Å². The minimum Gasteiger partial charge on any atom is -0.493 e. The van der Waals surface area contributed by atoms with Crippen LogP contribution in [0.5, 0.6) is 17.2 Å². The molecule has 2 amide bonds. The number of para-hydroxylation sites is 3. The normalized spacial score (nSPS) is 16.9. The number of methoxy groups -OCH3 is 1. The molecule has 1 atom stereocenters. The van der Waals surface area contributed by atoms with Crippen LogP contribution in [0.25, 0.3) is 0 Å². The summed E-state index contributed by atoms with van der Waals surface area (Å²) in [6, 6.07) is 21.6. The number of carbonyl (C=O) groups excluding carboxylic acids is 1. The number of fused-ring (bicyclic) bond motifs is 2. The van der Waals surface area contributed by atoms with Crippen LogP contribution in [-0.4, -0.2) is 54.5 Å². The van der Waals surface area contributed by atoms with Gasteiger partial charge in [0.15, 0.2) is 17.2 Å². The number of nitrogens with one attached hydrogen (secondary N) is 1. The van der Waals surface area contributed by atoms with Crippen molar-refractivity contribution in [2.75, 3.05) is 32.1 Å². The predicted molar refractivity (Wildman–Crippen MR) is 143 cm³/mol. The van der Waals surface area contributed by atoms with Crippen LogP contribution >= 0.6 is 0 Å². The fourth-order valence-corrected chi connectivity index (χ4v) is 4.72. The summed E-state index contributed by atoms with van der Waals surface area (Å²) in [7, 11) is 1.64. The third-order valence-electron chi connectivity index (χ3n) is 6.76. The molecule has 0 bridgehead atoms. The van der Waals surface area contributed by atoms with Crippen LogP contribution in [0.1, 0.15) is 37.8 Å². The van der Waals surface area contributed by atoms with E-state index in [1.807, 2.05) is 59.5 Å². The van der Waals surface area contributed by atoms with Gasteiger partial charge in [0, 0.05) is 31.4 Å². The molecule has 0 spiro atoms. The Morgan fingerprint density at radius 3 is 2.56 bits per heavy atom. The molecule has 0 unspecified atom stereocenters. The molecule has 2 aliphatic rings. The van der Waals surface area contributed by atoms with Crippen LogP contribution in [0.2, 0.25) is 0 Å².